The van der Waals surface area contributed by atoms with Crippen molar-refractivity contribution in [1.29, 1.82) is 0 Å². The molecule has 5 nitrogen and oxygen atoms in total. The van der Waals surface area contributed by atoms with Crippen molar-refractivity contribution in [3.8, 4) is 0 Å². The molecule has 27 heavy (non-hydrogen) atoms. The minimum Gasteiger partial charge on any atom is -0.340 e. The number of fused-ring (bicyclic) bond motifs is 1. The molecular formula is C14H12F7N5S. The molecule has 2 heterocycles. The van der Waals surface area contributed by atoms with Gasteiger partial charge in [0.05, 0.1) is 0 Å². The molecule has 3 rings (SSSR count). The highest BCUT2D eigenvalue weighted by Crippen LogP contribution is 3.02. The Kier molecular flexibility index (Phi) is 3.57. The molecule has 0 unspecified atom stereocenters. The summed E-state index contributed by atoms with van der Waals surface area (Å²) < 4.78 is 91.6. The van der Waals surface area contributed by atoms with Crippen molar-refractivity contribution in [2.75, 3.05) is 5.32 Å². The van der Waals surface area contributed by atoms with Gasteiger partial charge in [0.15, 0.2) is 0 Å². The Bertz CT molecular complexity index is 1020. The summed E-state index contributed by atoms with van der Waals surface area (Å²) in [5, 5.41) is 6.27. The van der Waals surface area contributed by atoms with E-state index < -0.39 is 26.9 Å². The molecule has 0 radical (unpaired) electrons. The van der Waals surface area contributed by atoms with Crippen molar-refractivity contribution in [3.05, 3.63) is 41.9 Å². The normalized spacial score (nSPS) is 15.4. The summed E-state index contributed by atoms with van der Waals surface area (Å²) in [7, 11) is -9.78. The molecule has 148 valence electrons. The number of alkyl halides is 2. The largest absolute Gasteiger partial charge is 0.340 e. The van der Waals surface area contributed by atoms with E-state index in [1.54, 1.807) is 6.92 Å². The Morgan fingerprint density at radius 1 is 1.00 bits per heavy atom. The van der Waals surface area contributed by atoms with Gasteiger partial charge in [-0.25, -0.2) is 4.98 Å². The van der Waals surface area contributed by atoms with Crippen LogP contribution in [0.4, 0.5) is 39.7 Å². The van der Waals surface area contributed by atoms with Crippen LogP contribution in [0.25, 0.3) is 5.78 Å². The van der Waals surface area contributed by atoms with Crippen LogP contribution in [0.5, 0.6) is 0 Å². The first-order valence-electron chi connectivity index (χ1n) is 7.27. The fourth-order valence-corrected chi connectivity index (χ4v) is 2.86. The lowest BCUT2D eigenvalue weighted by molar-refractivity contribution is 0.00800. The number of hydrogen-bond donors (Lipinski definition) is 1. The third-order valence-electron chi connectivity index (χ3n) is 3.41. The standard InChI is InChI=1S/C14H12F7N5S/c1-8-7-11(26-13(22-8)24-12(25-26)14(2,15)16)23-9-3-5-10(6-4-9)27(17,18,19,20)21/h3-7,23H,1-2H3. The van der Waals surface area contributed by atoms with E-state index >= 15 is 0 Å². The fourth-order valence-electron chi connectivity index (χ4n) is 2.21. The van der Waals surface area contributed by atoms with Crippen molar-refractivity contribution in [1.82, 2.24) is 19.6 Å². The average Bonchev–Trinajstić information content (AvgIpc) is 2.89. The number of nitrogens with zero attached hydrogens (tertiary/aromatic N) is 4. The second-order valence-electron chi connectivity index (χ2n) is 5.94. The average molecular weight is 415 g/mol. The monoisotopic (exact) mass is 415 g/mol. The van der Waals surface area contributed by atoms with Gasteiger partial charge >= 0.3 is 16.1 Å². The number of aromatic nitrogens is 4. The zero-order chi connectivity index (χ0) is 20.3. The quantitative estimate of drug-likeness (QED) is 0.536. The van der Waals surface area contributed by atoms with E-state index in [1.165, 1.54) is 6.07 Å². The van der Waals surface area contributed by atoms with E-state index in [1.807, 2.05) is 0 Å². The van der Waals surface area contributed by atoms with E-state index in [9.17, 15) is 28.2 Å². The lowest BCUT2D eigenvalue weighted by atomic mass is 10.3. The van der Waals surface area contributed by atoms with E-state index in [4.69, 9.17) is 0 Å². The van der Waals surface area contributed by atoms with Crippen molar-refractivity contribution >= 4 is 27.5 Å². The molecule has 0 bridgehead atoms. The van der Waals surface area contributed by atoms with Crippen molar-refractivity contribution in [2.45, 2.75) is 24.7 Å². The van der Waals surface area contributed by atoms with Gasteiger partial charge in [-0.3, -0.25) is 0 Å². The second-order valence-corrected chi connectivity index (χ2v) is 8.35. The first-order valence-corrected chi connectivity index (χ1v) is 9.22. The molecule has 0 saturated carbocycles. The fraction of sp³-hybridized carbons (Fsp3) is 0.214. The Morgan fingerprint density at radius 3 is 2.11 bits per heavy atom. The minimum absolute atomic E-state index is 0.00723. The smallest absolute Gasteiger partial charge is 0.310 e. The van der Waals surface area contributed by atoms with Crippen LogP contribution >= 0.6 is 10.2 Å². The van der Waals surface area contributed by atoms with E-state index in [0.29, 0.717) is 12.6 Å². The topological polar surface area (TPSA) is 55.1 Å². The lowest BCUT2D eigenvalue weighted by Crippen LogP contribution is -2.10. The summed E-state index contributed by atoms with van der Waals surface area (Å²) >= 11 is 0. The Labute approximate surface area is 148 Å². The van der Waals surface area contributed by atoms with Gasteiger partial charge in [0, 0.05) is 24.4 Å². The first kappa shape index (κ1) is 19.2. The van der Waals surface area contributed by atoms with Crippen molar-refractivity contribution in [2.24, 2.45) is 0 Å². The predicted octanol–water partition coefficient (Wildman–Crippen LogP) is 5.95. The van der Waals surface area contributed by atoms with E-state index in [2.05, 4.69) is 20.4 Å². The Morgan fingerprint density at radius 2 is 1.59 bits per heavy atom. The van der Waals surface area contributed by atoms with Crippen LogP contribution in [0.1, 0.15) is 18.4 Å². The Hall–Kier alpha value is -2.57. The van der Waals surface area contributed by atoms with Gasteiger partial charge in [0.25, 0.3) is 5.78 Å². The maximum Gasteiger partial charge on any atom is 0.310 e. The van der Waals surface area contributed by atoms with Crippen LogP contribution < -0.4 is 5.32 Å². The van der Waals surface area contributed by atoms with Crippen LogP contribution in [-0.2, 0) is 5.92 Å². The highest BCUT2D eigenvalue weighted by atomic mass is 32.5. The van der Waals surface area contributed by atoms with Crippen LogP contribution in [-0.4, -0.2) is 19.6 Å². The molecule has 13 heteroatoms. The molecule has 0 spiro atoms. The molecule has 0 aliphatic rings. The minimum atomic E-state index is -9.78. The van der Waals surface area contributed by atoms with Gasteiger partial charge in [-0.1, -0.05) is 19.4 Å². The number of aryl methyl sites for hydroxylation is 1. The summed E-state index contributed by atoms with van der Waals surface area (Å²) in [4.78, 5) is 5.53. The molecule has 0 amide bonds. The van der Waals surface area contributed by atoms with Crippen LogP contribution in [0.3, 0.4) is 0 Å². The van der Waals surface area contributed by atoms with Crippen LogP contribution in [0.15, 0.2) is 35.2 Å². The van der Waals surface area contributed by atoms with E-state index in [-0.39, 0.29) is 29.4 Å². The first-order chi connectivity index (χ1) is 12.0. The van der Waals surface area contributed by atoms with Gasteiger partial charge in [-0.2, -0.15) is 18.3 Å². The maximum absolute atomic E-state index is 13.4. The van der Waals surface area contributed by atoms with Crippen molar-refractivity contribution in [3.63, 3.8) is 0 Å². The second kappa shape index (κ2) is 5.03. The third-order valence-corrected chi connectivity index (χ3v) is 4.57. The summed E-state index contributed by atoms with van der Waals surface area (Å²) in [5.41, 5.74) is 0.375. The number of hydrogen-bond acceptors (Lipinski definition) is 4. The highest BCUT2D eigenvalue weighted by molar-refractivity contribution is 8.45. The van der Waals surface area contributed by atoms with Crippen molar-refractivity contribution < 1.29 is 28.2 Å². The highest BCUT2D eigenvalue weighted by Gasteiger charge is 2.65. The third kappa shape index (κ3) is 4.07. The molecule has 1 aromatic carbocycles. The molecule has 1 N–H and O–H groups in total. The Balaban J connectivity index is 2.01. The van der Waals surface area contributed by atoms with Gasteiger partial charge in [-0.05, 0) is 31.2 Å². The van der Waals surface area contributed by atoms with E-state index in [0.717, 1.165) is 16.6 Å². The van der Waals surface area contributed by atoms with Gasteiger partial charge in [0.2, 0.25) is 5.82 Å². The van der Waals surface area contributed by atoms with Crippen LogP contribution in [0, 0.1) is 6.92 Å². The molecule has 0 aliphatic carbocycles. The van der Waals surface area contributed by atoms with Gasteiger partial charge in [0.1, 0.15) is 10.7 Å². The summed E-state index contributed by atoms with van der Waals surface area (Å²) in [6.45, 7) is 2.14. The number of benzene rings is 1. The van der Waals surface area contributed by atoms with Crippen LogP contribution in [0.2, 0.25) is 0 Å². The number of anilines is 2. The molecule has 0 atom stereocenters. The molecule has 2 aromatic heterocycles. The summed E-state index contributed by atoms with van der Waals surface area (Å²) in [6, 6.07) is 3.45. The molecular weight excluding hydrogens is 403 g/mol. The predicted molar refractivity (Wildman–Crippen MR) is 86.2 cm³/mol. The molecule has 0 fully saturated rings. The summed E-state index contributed by atoms with van der Waals surface area (Å²) in [5.74, 6) is -4.21. The molecule has 0 aliphatic heterocycles. The lowest BCUT2D eigenvalue weighted by Gasteiger charge is -2.40. The van der Waals surface area contributed by atoms with Gasteiger partial charge < -0.3 is 5.32 Å². The zero-order valence-corrected chi connectivity index (χ0v) is 14.5. The zero-order valence-electron chi connectivity index (χ0n) is 13.7. The number of rotatable bonds is 4. The SMILES string of the molecule is Cc1cc(Nc2ccc(S(F)(F)(F)(F)F)cc2)n2nc(C(C)(F)F)nc2n1. The maximum atomic E-state index is 13.4. The summed E-state index contributed by atoms with van der Waals surface area (Å²) in [6.07, 6.45) is 0. The molecule has 0 saturated heterocycles. The number of nitrogens with one attached hydrogen (secondary N) is 1. The van der Waals surface area contributed by atoms with Gasteiger partial charge in [-0.15, -0.1) is 5.10 Å². The molecule has 3 aromatic rings. The number of halogens is 7.